The molecule has 0 nitrogen and oxygen atoms in total. The zero-order chi connectivity index (χ0) is 8.91. The van der Waals surface area contributed by atoms with E-state index in [0.29, 0.717) is 0 Å². The van der Waals surface area contributed by atoms with Gasteiger partial charge in [-0.15, -0.1) is 0 Å². The molecule has 0 amide bonds. The van der Waals surface area contributed by atoms with Crippen molar-refractivity contribution >= 4 is 0 Å². The van der Waals surface area contributed by atoms with Crippen LogP contribution in [0.3, 0.4) is 0 Å². The van der Waals surface area contributed by atoms with Crippen LogP contribution in [0.5, 0.6) is 0 Å². The summed E-state index contributed by atoms with van der Waals surface area (Å²) in [6, 6.07) is 0. The van der Waals surface area contributed by atoms with Crippen LogP contribution in [0.15, 0.2) is 0 Å². The summed E-state index contributed by atoms with van der Waals surface area (Å²) in [6.45, 7) is 5.38. The first-order chi connectivity index (χ1) is 4.89. The van der Waals surface area contributed by atoms with Crippen molar-refractivity contribution in [3.8, 4) is 0 Å². The molecule has 0 N–H and O–H groups in total. The molecule has 1 fully saturated rings. The van der Waals surface area contributed by atoms with E-state index in [9.17, 15) is 0 Å². The lowest BCUT2D eigenvalue weighted by atomic mass is 10.2. The topological polar surface area (TPSA) is 0 Å². The average molecular weight is 132 g/mol. The standard InChI is InChI=1S/C6H12.C3H8/c1-6-4-2-3-5-6;1-3-2/h6H,2-5H2,1H3;3H2,1-2H3/i;3T2. The van der Waals surface area contributed by atoms with Crippen LogP contribution in [0.1, 0.15) is 55.6 Å². The Morgan fingerprint density at radius 2 is 1.67 bits per heavy atom. The molecule has 1 aliphatic rings. The summed E-state index contributed by atoms with van der Waals surface area (Å²) in [5, 5.41) is 0. The van der Waals surface area contributed by atoms with Gasteiger partial charge >= 0.3 is 0 Å². The lowest BCUT2D eigenvalue weighted by Crippen LogP contribution is -1.78. The van der Waals surface area contributed by atoms with Gasteiger partial charge in [-0.1, -0.05) is 52.8 Å². The molecule has 0 spiro atoms. The largest absolute Gasteiger partial charge is 0.0656 e. The Kier molecular flexibility index (Phi) is 3.92. The van der Waals surface area contributed by atoms with Crippen molar-refractivity contribution in [1.29, 1.82) is 0 Å². The summed E-state index contributed by atoms with van der Waals surface area (Å²) in [5.74, 6) is 1.05. The van der Waals surface area contributed by atoms with Crippen molar-refractivity contribution in [1.82, 2.24) is 0 Å². The summed E-state index contributed by atoms with van der Waals surface area (Å²) in [5.41, 5.74) is 0. The van der Waals surface area contributed by atoms with E-state index in [1.807, 2.05) is 0 Å². The molecule has 0 aliphatic heterocycles. The predicted octanol–water partition coefficient (Wildman–Crippen LogP) is 3.61. The van der Waals surface area contributed by atoms with Gasteiger partial charge in [-0.05, 0) is 5.92 Å². The van der Waals surface area contributed by atoms with Gasteiger partial charge in [0.15, 0.2) is 0 Å². The van der Waals surface area contributed by atoms with Crippen LogP contribution in [0, 0.1) is 5.92 Å². The van der Waals surface area contributed by atoms with Crippen molar-refractivity contribution in [2.45, 2.75) is 52.8 Å². The van der Waals surface area contributed by atoms with E-state index in [1.54, 1.807) is 0 Å². The highest BCUT2D eigenvalue weighted by Gasteiger charge is 2.07. The quantitative estimate of drug-likeness (QED) is 0.472. The highest BCUT2D eigenvalue weighted by molar-refractivity contribution is 4.60. The third kappa shape index (κ3) is 5.88. The Labute approximate surface area is 62.5 Å². The van der Waals surface area contributed by atoms with Crippen molar-refractivity contribution in [2.75, 3.05) is 0 Å². The molecule has 0 radical (unpaired) electrons. The number of rotatable bonds is 0. The lowest BCUT2D eigenvalue weighted by molar-refractivity contribution is 0.612. The molecular formula is C9H20. The highest BCUT2D eigenvalue weighted by Crippen LogP contribution is 2.22. The molecular weight excluding hydrogens is 108 g/mol. The second-order valence-corrected chi connectivity index (χ2v) is 2.89. The Bertz CT molecular complexity index is 82.2. The van der Waals surface area contributed by atoms with Gasteiger partial charge in [-0.25, -0.2) is 0 Å². The Morgan fingerprint density at radius 1 is 1.33 bits per heavy atom. The van der Waals surface area contributed by atoms with Crippen molar-refractivity contribution in [3.05, 3.63) is 0 Å². The van der Waals surface area contributed by atoms with Gasteiger partial charge in [0.25, 0.3) is 0 Å². The summed E-state index contributed by atoms with van der Waals surface area (Å²) in [7, 11) is 0. The highest BCUT2D eigenvalue weighted by atomic mass is 14.1. The molecule has 56 valence electrons. The SMILES string of the molecule is CC1CCCC1.[3H]C([3H])(C)C. The summed E-state index contributed by atoms with van der Waals surface area (Å²) in [6.07, 6.45) is 4.95. The zero-order valence-electron chi connectivity index (χ0n) is 8.91. The first-order valence-corrected chi connectivity index (χ1v) is 3.89. The molecule has 0 aromatic rings. The average Bonchev–Trinajstić information content (AvgIpc) is 2.12. The van der Waals surface area contributed by atoms with Crippen molar-refractivity contribution < 1.29 is 2.74 Å². The molecule has 0 aromatic carbocycles. The molecule has 0 unspecified atom stereocenters. The molecule has 0 heterocycles. The zero-order valence-corrected chi connectivity index (χ0v) is 6.91. The Hall–Kier alpha value is 0. The Balaban J connectivity index is 0.000000187. The first-order valence-electron chi connectivity index (χ1n) is 4.89. The molecule has 0 heteroatoms. The van der Waals surface area contributed by atoms with E-state index < -0.39 is 6.37 Å². The summed E-state index contributed by atoms with van der Waals surface area (Å²) < 4.78 is 13.2. The maximum Gasteiger partial charge on any atom is 0.0261 e. The summed E-state index contributed by atoms with van der Waals surface area (Å²) in [4.78, 5) is 0. The summed E-state index contributed by atoms with van der Waals surface area (Å²) >= 11 is 0. The van der Waals surface area contributed by atoms with Gasteiger partial charge in [-0.2, -0.15) is 0 Å². The number of hydrogen-bond acceptors (Lipinski definition) is 0. The minimum absolute atomic E-state index is 1.00. The van der Waals surface area contributed by atoms with E-state index >= 15 is 0 Å². The molecule has 1 saturated carbocycles. The van der Waals surface area contributed by atoms with Gasteiger partial charge < -0.3 is 0 Å². The molecule has 0 bridgehead atoms. The van der Waals surface area contributed by atoms with Crippen LogP contribution in [0.4, 0.5) is 0 Å². The van der Waals surface area contributed by atoms with Gasteiger partial charge in [-0.3, -0.25) is 0 Å². The van der Waals surface area contributed by atoms with Crippen LogP contribution in [-0.4, -0.2) is 0 Å². The van der Waals surface area contributed by atoms with E-state index in [4.69, 9.17) is 2.74 Å². The minimum atomic E-state index is -1.00. The fourth-order valence-corrected chi connectivity index (χ4v) is 1.13. The maximum atomic E-state index is 6.60. The van der Waals surface area contributed by atoms with Crippen LogP contribution < -0.4 is 0 Å². The monoisotopic (exact) mass is 132 g/mol. The normalized spacial score (nSPS) is 23.9. The van der Waals surface area contributed by atoms with E-state index in [-0.39, 0.29) is 0 Å². The number of hydrogen-bond donors (Lipinski definition) is 0. The first kappa shape index (κ1) is 5.76. The fourth-order valence-electron chi connectivity index (χ4n) is 1.13. The second-order valence-electron chi connectivity index (χ2n) is 2.89. The van der Waals surface area contributed by atoms with Crippen molar-refractivity contribution in [2.24, 2.45) is 5.92 Å². The fraction of sp³-hybridized carbons (Fsp3) is 1.00. The smallest absolute Gasteiger partial charge is 0.0261 e. The van der Waals surface area contributed by atoms with E-state index in [1.165, 1.54) is 39.5 Å². The van der Waals surface area contributed by atoms with Crippen LogP contribution in [0.2, 0.25) is 0 Å². The lowest BCUT2D eigenvalue weighted by Gasteiger charge is -1.91. The van der Waals surface area contributed by atoms with Crippen molar-refractivity contribution in [3.63, 3.8) is 0 Å². The third-order valence-corrected chi connectivity index (χ3v) is 1.64. The molecule has 9 heavy (non-hydrogen) atoms. The van der Waals surface area contributed by atoms with Gasteiger partial charge in [0.2, 0.25) is 0 Å². The second kappa shape index (κ2) is 6.12. The third-order valence-electron chi connectivity index (χ3n) is 1.64. The van der Waals surface area contributed by atoms with Crippen LogP contribution in [-0.2, 0) is 0 Å². The van der Waals surface area contributed by atoms with Crippen LogP contribution in [0.25, 0.3) is 0 Å². The molecule has 0 saturated heterocycles. The maximum absolute atomic E-state index is 6.60. The predicted molar refractivity (Wildman–Crippen MR) is 43.6 cm³/mol. The van der Waals surface area contributed by atoms with Crippen LogP contribution >= 0.6 is 0 Å². The minimum Gasteiger partial charge on any atom is -0.0656 e. The van der Waals surface area contributed by atoms with E-state index in [0.717, 1.165) is 5.92 Å². The molecule has 1 aliphatic carbocycles. The molecule has 0 atom stereocenters. The Morgan fingerprint density at radius 3 is 1.78 bits per heavy atom. The van der Waals surface area contributed by atoms with E-state index in [2.05, 4.69) is 6.92 Å². The van der Waals surface area contributed by atoms with Gasteiger partial charge in [0.1, 0.15) is 0 Å². The molecule has 1 rings (SSSR count). The van der Waals surface area contributed by atoms with Gasteiger partial charge in [0.05, 0.1) is 0 Å². The molecule has 0 aromatic heterocycles. The van der Waals surface area contributed by atoms with Gasteiger partial charge in [0, 0.05) is 2.74 Å².